The minimum Gasteiger partial charge on any atom is -0.0999 e. The van der Waals surface area contributed by atoms with Crippen LogP contribution in [0.4, 0.5) is 0 Å². The van der Waals surface area contributed by atoms with Gasteiger partial charge >= 0.3 is 0 Å². The second-order valence-corrected chi connectivity index (χ2v) is 4.47. The molecule has 0 fully saturated rings. The summed E-state index contributed by atoms with van der Waals surface area (Å²) >= 11 is 0. The van der Waals surface area contributed by atoms with E-state index in [2.05, 4.69) is 91.0 Å². The van der Waals surface area contributed by atoms with E-state index in [-0.39, 0.29) is 18.6 Å². The van der Waals surface area contributed by atoms with Gasteiger partial charge in [0.15, 0.2) is 0 Å². The van der Waals surface area contributed by atoms with Crippen molar-refractivity contribution < 1.29 is 18.6 Å². The Morgan fingerprint density at radius 1 is 0.400 bits per heavy atom. The maximum Gasteiger partial charge on any atom is 0 e. The topological polar surface area (TPSA) is 0 Å². The molecule has 0 aromatic heterocycles. The standard InChI is InChI=1S/C19H15.V/c1-4-10-16(11-5-1)19(17-12-6-2-7-13-17)18-14-8-3-9-15-18;/h1-15H;/q-1;. The molecule has 0 saturated carbocycles. The van der Waals surface area contributed by atoms with Crippen LogP contribution in [-0.4, -0.2) is 0 Å². The molecule has 0 bridgehead atoms. The summed E-state index contributed by atoms with van der Waals surface area (Å²) in [7, 11) is 0. The van der Waals surface area contributed by atoms with E-state index < -0.39 is 0 Å². The van der Waals surface area contributed by atoms with E-state index in [0.29, 0.717) is 0 Å². The Balaban J connectivity index is 0.00000147. The third-order valence-electron chi connectivity index (χ3n) is 3.19. The fraction of sp³-hybridized carbons (Fsp3) is 0. The number of hydrogen-bond donors (Lipinski definition) is 0. The van der Waals surface area contributed by atoms with Crippen LogP contribution in [0.15, 0.2) is 91.0 Å². The SMILES string of the molecule is [V].c1ccc([C-](c2ccccc2)c2ccccc2)cc1. The summed E-state index contributed by atoms with van der Waals surface area (Å²) in [4.78, 5) is 0. The van der Waals surface area contributed by atoms with Crippen molar-refractivity contribution in [2.75, 3.05) is 0 Å². The first kappa shape index (κ1) is 14.5. The minimum absolute atomic E-state index is 0. The van der Waals surface area contributed by atoms with E-state index in [1.165, 1.54) is 22.6 Å². The summed E-state index contributed by atoms with van der Waals surface area (Å²) in [5, 5.41) is 0. The Labute approximate surface area is 132 Å². The second-order valence-electron chi connectivity index (χ2n) is 4.47. The zero-order valence-corrected chi connectivity index (χ0v) is 12.5. The molecule has 0 nitrogen and oxygen atoms in total. The predicted octanol–water partition coefficient (Wildman–Crippen LogP) is 4.70. The largest absolute Gasteiger partial charge is 0.0999 e. The Morgan fingerprint density at radius 2 is 0.650 bits per heavy atom. The Kier molecular flexibility index (Phi) is 5.12. The van der Waals surface area contributed by atoms with Crippen molar-refractivity contribution >= 4 is 0 Å². The molecule has 0 saturated heterocycles. The molecule has 0 aliphatic rings. The van der Waals surface area contributed by atoms with Gasteiger partial charge in [-0.05, 0) is 0 Å². The summed E-state index contributed by atoms with van der Waals surface area (Å²) in [6.45, 7) is 0. The van der Waals surface area contributed by atoms with E-state index in [9.17, 15) is 0 Å². The summed E-state index contributed by atoms with van der Waals surface area (Å²) in [6.07, 6.45) is 0. The van der Waals surface area contributed by atoms with Gasteiger partial charge in [-0.2, -0.15) is 0 Å². The Morgan fingerprint density at radius 3 is 0.900 bits per heavy atom. The maximum atomic E-state index is 2.16. The number of rotatable bonds is 3. The van der Waals surface area contributed by atoms with Gasteiger partial charge in [0.2, 0.25) is 0 Å². The van der Waals surface area contributed by atoms with E-state index in [1.807, 2.05) is 0 Å². The average molecular weight is 294 g/mol. The molecule has 0 N–H and O–H groups in total. The van der Waals surface area contributed by atoms with Gasteiger partial charge in [-0.15, -0.1) is 0 Å². The van der Waals surface area contributed by atoms with Crippen LogP contribution in [-0.2, 0) is 18.6 Å². The van der Waals surface area contributed by atoms with Gasteiger partial charge in [0.25, 0.3) is 0 Å². The molecule has 97 valence electrons. The summed E-state index contributed by atoms with van der Waals surface area (Å²) in [5.41, 5.74) is 3.75. The third-order valence-corrected chi connectivity index (χ3v) is 3.19. The molecule has 3 aromatic carbocycles. The van der Waals surface area contributed by atoms with Crippen molar-refractivity contribution in [2.45, 2.75) is 0 Å². The maximum absolute atomic E-state index is 2.16. The summed E-state index contributed by atoms with van der Waals surface area (Å²) in [5.74, 6) is 1.28. The molecule has 0 spiro atoms. The van der Waals surface area contributed by atoms with Gasteiger partial charge in [0, 0.05) is 18.6 Å². The molecule has 0 aliphatic carbocycles. The molecule has 0 aliphatic heterocycles. The molecule has 1 heteroatoms. The van der Waals surface area contributed by atoms with Crippen molar-refractivity contribution in [3.63, 3.8) is 0 Å². The molecule has 0 unspecified atom stereocenters. The number of benzene rings is 3. The fourth-order valence-corrected chi connectivity index (χ4v) is 2.31. The molecular formula is C19H15V-. The van der Waals surface area contributed by atoms with Crippen LogP contribution >= 0.6 is 0 Å². The average Bonchev–Trinajstić information content (AvgIpc) is 2.51. The van der Waals surface area contributed by atoms with E-state index in [4.69, 9.17) is 0 Å². The van der Waals surface area contributed by atoms with Gasteiger partial charge in [0.1, 0.15) is 0 Å². The molecule has 1 radical (unpaired) electrons. The minimum atomic E-state index is 0. The monoisotopic (exact) mass is 294 g/mol. The first-order valence-electron chi connectivity index (χ1n) is 6.48. The summed E-state index contributed by atoms with van der Waals surface area (Å²) in [6, 6.07) is 31.6. The van der Waals surface area contributed by atoms with Gasteiger partial charge in [-0.25, -0.2) is 0 Å². The number of hydrogen-bond acceptors (Lipinski definition) is 0. The van der Waals surface area contributed by atoms with Crippen molar-refractivity contribution in [1.29, 1.82) is 0 Å². The molecular weight excluding hydrogens is 279 g/mol. The van der Waals surface area contributed by atoms with Crippen LogP contribution < -0.4 is 0 Å². The predicted molar refractivity (Wildman–Crippen MR) is 79.9 cm³/mol. The third kappa shape index (κ3) is 3.16. The smallest absolute Gasteiger partial charge is 0 e. The zero-order valence-electron chi connectivity index (χ0n) is 11.1. The van der Waals surface area contributed by atoms with E-state index >= 15 is 0 Å². The van der Waals surface area contributed by atoms with Gasteiger partial charge in [0.05, 0.1) is 0 Å². The molecule has 0 heterocycles. The van der Waals surface area contributed by atoms with Crippen LogP contribution in [0, 0.1) is 5.92 Å². The van der Waals surface area contributed by atoms with Crippen LogP contribution in [0.2, 0.25) is 0 Å². The first-order chi connectivity index (χ1) is 9.45. The molecule has 20 heavy (non-hydrogen) atoms. The molecule has 3 rings (SSSR count). The van der Waals surface area contributed by atoms with Crippen LogP contribution in [0.3, 0.4) is 0 Å². The van der Waals surface area contributed by atoms with Gasteiger partial charge in [-0.3, -0.25) is 0 Å². The Bertz CT molecular complexity index is 524. The van der Waals surface area contributed by atoms with E-state index in [0.717, 1.165) is 0 Å². The van der Waals surface area contributed by atoms with Crippen LogP contribution in [0.1, 0.15) is 16.7 Å². The fourth-order valence-electron chi connectivity index (χ4n) is 2.31. The molecule has 0 amide bonds. The van der Waals surface area contributed by atoms with Crippen LogP contribution in [0.5, 0.6) is 0 Å². The van der Waals surface area contributed by atoms with Crippen molar-refractivity contribution in [3.8, 4) is 0 Å². The molecule has 3 aromatic rings. The molecule has 0 atom stereocenters. The normalized spacial score (nSPS) is 9.60. The second kappa shape index (κ2) is 7.05. The Hall–Kier alpha value is -1.89. The summed E-state index contributed by atoms with van der Waals surface area (Å²) < 4.78 is 0. The quantitative estimate of drug-likeness (QED) is 0.485. The van der Waals surface area contributed by atoms with Crippen molar-refractivity contribution in [3.05, 3.63) is 114 Å². The van der Waals surface area contributed by atoms with Gasteiger partial charge < -0.3 is 0 Å². The van der Waals surface area contributed by atoms with Crippen molar-refractivity contribution in [2.24, 2.45) is 0 Å². The first-order valence-corrected chi connectivity index (χ1v) is 6.48. The van der Waals surface area contributed by atoms with Crippen molar-refractivity contribution in [1.82, 2.24) is 0 Å². The van der Waals surface area contributed by atoms with Crippen LogP contribution in [0.25, 0.3) is 0 Å². The zero-order chi connectivity index (χ0) is 12.9. The van der Waals surface area contributed by atoms with Gasteiger partial charge in [-0.1, -0.05) is 114 Å². The van der Waals surface area contributed by atoms with E-state index in [1.54, 1.807) is 0 Å².